The second kappa shape index (κ2) is 7.81. The van der Waals surface area contributed by atoms with Gasteiger partial charge in [0.2, 0.25) is 0 Å². The van der Waals surface area contributed by atoms with Crippen LogP contribution in [-0.4, -0.2) is 39.1 Å². The van der Waals surface area contributed by atoms with Crippen molar-refractivity contribution >= 4 is 21.9 Å². The van der Waals surface area contributed by atoms with Gasteiger partial charge in [-0.2, -0.15) is 13.2 Å². The van der Waals surface area contributed by atoms with Gasteiger partial charge < -0.3 is 4.98 Å². The predicted octanol–water partition coefficient (Wildman–Crippen LogP) is 5.87. The highest BCUT2D eigenvalue weighted by Crippen LogP contribution is 2.41. The molecule has 4 nitrogen and oxygen atoms in total. The van der Waals surface area contributed by atoms with Crippen LogP contribution in [-0.2, 0) is 0 Å². The molecule has 0 spiro atoms. The van der Waals surface area contributed by atoms with E-state index in [1.165, 1.54) is 29.2 Å². The molecule has 1 aliphatic heterocycles. The fourth-order valence-corrected chi connectivity index (χ4v) is 4.63. The smallest absolute Gasteiger partial charge is 0.340 e. The maximum Gasteiger partial charge on any atom is 0.411 e. The molecular weight excluding hydrogens is 427 g/mol. The Morgan fingerprint density at radius 2 is 1.62 bits per heavy atom. The minimum Gasteiger partial charge on any atom is -0.340 e. The summed E-state index contributed by atoms with van der Waals surface area (Å²) < 4.78 is 69.4. The van der Waals surface area contributed by atoms with Gasteiger partial charge in [-0.25, -0.2) is 13.8 Å². The first-order chi connectivity index (χ1) is 15.3. The molecule has 5 rings (SSSR count). The standard InChI is InChI=1S/C23H19F5N4/c24-14-1-3-18-17(11-14)16(5-8-29-18)13-6-9-32(10-7-13)21(23(26,27)28)22-30-19-4-2-15(25)12-20(19)31-22/h1-5,8,11-13,21H,6-7,9-10H2,(H,30,31)/t21-/m0/s1. The number of halogens is 5. The number of piperidine rings is 1. The lowest BCUT2D eigenvalue weighted by molar-refractivity contribution is -0.191. The molecule has 1 aliphatic rings. The molecule has 1 N–H and O–H groups in total. The zero-order valence-corrected chi connectivity index (χ0v) is 16.8. The third-order valence-corrected chi connectivity index (χ3v) is 6.10. The highest BCUT2D eigenvalue weighted by atomic mass is 19.4. The number of hydrogen-bond acceptors (Lipinski definition) is 3. The van der Waals surface area contributed by atoms with Crippen molar-refractivity contribution in [1.29, 1.82) is 0 Å². The van der Waals surface area contributed by atoms with Crippen LogP contribution in [0.3, 0.4) is 0 Å². The summed E-state index contributed by atoms with van der Waals surface area (Å²) in [7, 11) is 0. The van der Waals surface area contributed by atoms with Gasteiger partial charge in [-0.1, -0.05) is 0 Å². The number of H-pyrrole nitrogens is 1. The van der Waals surface area contributed by atoms with Gasteiger partial charge in [-0.15, -0.1) is 0 Å². The molecule has 0 unspecified atom stereocenters. The molecule has 32 heavy (non-hydrogen) atoms. The lowest BCUT2D eigenvalue weighted by Crippen LogP contribution is -2.43. The summed E-state index contributed by atoms with van der Waals surface area (Å²) in [5.74, 6) is -1.16. The minimum absolute atomic E-state index is 0.00259. The van der Waals surface area contributed by atoms with Crippen molar-refractivity contribution in [3.63, 3.8) is 0 Å². The number of benzene rings is 2. The van der Waals surface area contributed by atoms with Crippen LogP contribution in [0.25, 0.3) is 21.9 Å². The van der Waals surface area contributed by atoms with Crippen molar-refractivity contribution in [1.82, 2.24) is 19.9 Å². The first-order valence-corrected chi connectivity index (χ1v) is 10.3. The Labute approximate surface area is 180 Å². The third kappa shape index (κ3) is 3.81. The first kappa shape index (κ1) is 20.8. The van der Waals surface area contributed by atoms with Crippen molar-refractivity contribution in [2.45, 2.75) is 31.0 Å². The maximum atomic E-state index is 14.0. The molecule has 4 aromatic rings. The average molecular weight is 446 g/mol. The molecule has 9 heteroatoms. The Kier molecular flexibility index (Phi) is 5.08. The largest absolute Gasteiger partial charge is 0.411 e. The van der Waals surface area contributed by atoms with Crippen molar-refractivity contribution in [3.05, 3.63) is 71.7 Å². The predicted molar refractivity (Wildman–Crippen MR) is 110 cm³/mol. The van der Waals surface area contributed by atoms with E-state index in [9.17, 15) is 22.0 Å². The van der Waals surface area contributed by atoms with E-state index in [4.69, 9.17) is 0 Å². The van der Waals surface area contributed by atoms with Crippen LogP contribution in [0, 0.1) is 11.6 Å². The Balaban J connectivity index is 1.41. The SMILES string of the molecule is Fc1ccc2nc([C@H](N3CCC(c4ccnc5ccc(F)cc45)CC3)C(F)(F)F)[nH]c2c1. The number of nitrogens with zero attached hydrogens (tertiary/aromatic N) is 3. The summed E-state index contributed by atoms with van der Waals surface area (Å²) in [4.78, 5) is 12.4. The lowest BCUT2D eigenvalue weighted by Gasteiger charge is -2.37. The van der Waals surface area contributed by atoms with Gasteiger partial charge in [0.1, 0.15) is 17.5 Å². The summed E-state index contributed by atoms with van der Waals surface area (Å²) in [6.07, 6.45) is -1.94. The molecule has 1 fully saturated rings. The van der Waals surface area contributed by atoms with E-state index in [1.54, 1.807) is 12.3 Å². The topological polar surface area (TPSA) is 44.8 Å². The van der Waals surface area contributed by atoms with Gasteiger partial charge in [-0.3, -0.25) is 9.88 Å². The molecule has 1 saturated heterocycles. The number of rotatable bonds is 3. The first-order valence-electron chi connectivity index (χ1n) is 10.3. The number of aromatic nitrogens is 3. The molecule has 2 aromatic heterocycles. The van der Waals surface area contributed by atoms with Gasteiger partial charge >= 0.3 is 6.18 Å². The Bertz CT molecular complexity index is 1270. The van der Waals surface area contributed by atoms with E-state index >= 15 is 0 Å². The van der Waals surface area contributed by atoms with E-state index in [2.05, 4.69) is 15.0 Å². The molecule has 0 bridgehead atoms. The number of alkyl halides is 3. The van der Waals surface area contributed by atoms with Crippen LogP contribution in [0.5, 0.6) is 0 Å². The normalized spacial score (nSPS) is 17.3. The molecule has 0 radical (unpaired) electrons. The number of imidazole rings is 1. The lowest BCUT2D eigenvalue weighted by atomic mass is 9.87. The highest BCUT2D eigenvalue weighted by molar-refractivity contribution is 5.82. The van der Waals surface area contributed by atoms with Crippen LogP contribution in [0.4, 0.5) is 22.0 Å². The van der Waals surface area contributed by atoms with Crippen molar-refractivity contribution < 1.29 is 22.0 Å². The zero-order chi connectivity index (χ0) is 22.5. The van der Waals surface area contributed by atoms with Crippen LogP contribution in [0.2, 0.25) is 0 Å². The Morgan fingerprint density at radius 1 is 0.938 bits per heavy atom. The Morgan fingerprint density at radius 3 is 2.34 bits per heavy atom. The third-order valence-electron chi connectivity index (χ3n) is 6.10. The van der Waals surface area contributed by atoms with E-state index in [0.717, 1.165) is 11.6 Å². The zero-order valence-electron chi connectivity index (χ0n) is 16.8. The van der Waals surface area contributed by atoms with E-state index in [-0.39, 0.29) is 41.7 Å². The van der Waals surface area contributed by atoms with Crippen LogP contribution >= 0.6 is 0 Å². The summed E-state index contributed by atoms with van der Waals surface area (Å²) >= 11 is 0. The van der Waals surface area contributed by atoms with Crippen LogP contribution in [0.1, 0.15) is 36.2 Å². The van der Waals surface area contributed by atoms with Crippen LogP contribution in [0.15, 0.2) is 48.7 Å². The number of nitrogens with one attached hydrogen (secondary N) is 1. The molecule has 3 heterocycles. The molecule has 2 aromatic carbocycles. The molecule has 0 saturated carbocycles. The minimum atomic E-state index is -4.55. The highest BCUT2D eigenvalue weighted by Gasteiger charge is 2.47. The fraction of sp³-hybridized carbons (Fsp3) is 0.304. The van der Waals surface area contributed by atoms with Crippen molar-refractivity contribution in [2.24, 2.45) is 0 Å². The number of pyridine rings is 1. The quantitative estimate of drug-likeness (QED) is 0.400. The van der Waals surface area contributed by atoms with Crippen molar-refractivity contribution in [3.8, 4) is 0 Å². The second-order valence-corrected chi connectivity index (χ2v) is 8.10. The monoisotopic (exact) mass is 446 g/mol. The van der Waals surface area contributed by atoms with Gasteiger partial charge in [0.05, 0.1) is 16.6 Å². The van der Waals surface area contributed by atoms with Crippen molar-refractivity contribution in [2.75, 3.05) is 13.1 Å². The van der Waals surface area contributed by atoms with Gasteiger partial charge in [-0.05, 0) is 79.9 Å². The molecule has 1 atom stereocenters. The molecule has 0 aliphatic carbocycles. The average Bonchev–Trinajstić information content (AvgIpc) is 3.15. The van der Waals surface area contributed by atoms with Gasteiger partial charge in [0.15, 0.2) is 6.04 Å². The van der Waals surface area contributed by atoms with E-state index < -0.39 is 18.0 Å². The number of likely N-dealkylation sites (tertiary alicyclic amines) is 1. The molecular formula is C23H19F5N4. The van der Waals surface area contributed by atoms with E-state index in [1.807, 2.05) is 6.07 Å². The van der Waals surface area contributed by atoms with Gasteiger partial charge in [0, 0.05) is 11.6 Å². The van der Waals surface area contributed by atoms with Gasteiger partial charge in [0.25, 0.3) is 0 Å². The summed E-state index contributed by atoms with van der Waals surface area (Å²) in [5, 5.41) is 0.692. The Hall–Kier alpha value is -3.07. The molecule has 166 valence electrons. The van der Waals surface area contributed by atoms with E-state index in [0.29, 0.717) is 23.7 Å². The second-order valence-electron chi connectivity index (χ2n) is 8.10. The van der Waals surface area contributed by atoms with Crippen LogP contribution < -0.4 is 0 Å². The summed E-state index contributed by atoms with van der Waals surface area (Å²) in [5.41, 5.74) is 2.08. The number of fused-ring (bicyclic) bond motifs is 2. The summed E-state index contributed by atoms with van der Waals surface area (Å²) in [6.45, 7) is 0.388. The summed E-state index contributed by atoms with van der Waals surface area (Å²) in [6, 6.07) is 7.95. The maximum absolute atomic E-state index is 14.0. The molecule has 0 amide bonds. The number of aromatic amines is 1. The number of hydrogen-bond donors (Lipinski definition) is 1. The fourth-order valence-electron chi connectivity index (χ4n) is 4.63.